The first-order valence-electron chi connectivity index (χ1n) is 11.5. The van der Waals surface area contributed by atoms with E-state index in [1.807, 2.05) is 41.4 Å². The van der Waals surface area contributed by atoms with Gasteiger partial charge in [-0.2, -0.15) is 5.10 Å². The Hall–Kier alpha value is -3.62. The van der Waals surface area contributed by atoms with Gasteiger partial charge in [0.1, 0.15) is 17.9 Å². The summed E-state index contributed by atoms with van der Waals surface area (Å²) >= 11 is 0. The van der Waals surface area contributed by atoms with E-state index in [-0.39, 0.29) is 11.8 Å². The molecule has 5 rings (SSSR count). The van der Waals surface area contributed by atoms with Crippen LogP contribution in [0.25, 0.3) is 5.82 Å². The van der Waals surface area contributed by atoms with Crippen LogP contribution in [0.2, 0.25) is 0 Å². The first-order valence-corrected chi connectivity index (χ1v) is 11.5. The van der Waals surface area contributed by atoms with Gasteiger partial charge in [0.2, 0.25) is 5.91 Å². The van der Waals surface area contributed by atoms with Crippen molar-refractivity contribution in [2.75, 3.05) is 56.2 Å². The van der Waals surface area contributed by atoms with Crippen molar-refractivity contribution in [1.82, 2.24) is 24.6 Å². The number of piperazine rings is 1. The van der Waals surface area contributed by atoms with Crippen molar-refractivity contribution in [2.24, 2.45) is 5.92 Å². The number of piperidine rings is 1. The number of carbonyl (C=O) groups is 1. The molecular formula is C24H29N7O2. The zero-order valence-corrected chi connectivity index (χ0v) is 18.9. The van der Waals surface area contributed by atoms with E-state index in [2.05, 4.69) is 30.9 Å². The summed E-state index contributed by atoms with van der Waals surface area (Å²) in [6.45, 7) is 4.64. The van der Waals surface area contributed by atoms with Crippen LogP contribution >= 0.6 is 0 Å². The molecule has 2 aliphatic heterocycles. The highest BCUT2D eigenvalue weighted by Crippen LogP contribution is 2.29. The van der Waals surface area contributed by atoms with Gasteiger partial charge in [-0.15, -0.1) is 0 Å². The van der Waals surface area contributed by atoms with Gasteiger partial charge in [0.05, 0.1) is 18.7 Å². The smallest absolute Gasteiger partial charge is 0.227 e. The fraction of sp³-hybridized carbons (Fsp3) is 0.417. The van der Waals surface area contributed by atoms with Gasteiger partial charge >= 0.3 is 0 Å². The van der Waals surface area contributed by atoms with Crippen LogP contribution in [-0.4, -0.2) is 76.9 Å². The number of methoxy groups -OCH3 is 1. The number of carbonyl (C=O) groups excluding carboxylic acids is 1. The molecule has 2 saturated heterocycles. The number of hydrogen-bond donors (Lipinski definition) is 0. The van der Waals surface area contributed by atoms with E-state index in [0.29, 0.717) is 6.54 Å². The average molecular weight is 448 g/mol. The quantitative estimate of drug-likeness (QED) is 0.593. The van der Waals surface area contributed by atoms with Crippen molar-refractivity contribution in [1.29, 1.82) is 0 Å². The molecule has 1 amide bonds. The SMILES string of the molecule is COc1ccccc1N1CCN(C(=O)C2CCCN(c3cc(-n4cccn4)ncn3)C2)CC1. The number of amides is 1. The average Bonchev–Trinajstić information content (AvgIpc) is 3.44. The molecule has 9 heteroatoms. The molecule has 0 N–H and O–H groups in total. The molecule has 0 aliphatic carbocycles. The first kappa shape index (κ1) is 21.2. The molecule has 4 heterocycles. The van der Waals surface area contributed by atoms with Crippen LogP contribution in [0.1, 0.15) is 12.8 Å². The highest BCUT2D eigenvalue weighted by atomic mass is 16.5. The largest absolute Gasteiger partial charge is 0.495 e. The van der Waals surface area contributed by atoms with E-state index in [1.54, 1.807) is 24.3 Å². The Morgan fingerprint density at radius 2 is 1.82 bits per heavy atom. The second kappa shape index (κ2) is 9.48. The van der Waals surface area contributed by atoms with E-state index in [1.165, 1.54) is 0 Å². The predicted octanol–water partition coefficient (Wildman–Crippen LogP) is 2.24. The predicted molar refractivity (Wildman–Crippen MR) is 126 cm³/mol. The topological polar surface area (TPSA) is 79.6 Å². The first-order chi connectivity index (χ1) is 16.2. The number of para-hydroxylation sites is 2. The highest BCUT2D eigenvalue weighted by molar-refractivity contribution is 5.80. The van der Waals surface area contributed by atoms with Crippen molar-refractivity contribution in [3.05, 3.63) is 55.1 Å². The number of anilines is 2. The van der Waals surface area contributed by atoms with Crippen LogP contribution in [0.15, 0.2) is 55.1 Å². The van der Waals surface area contributed by atoms with E-state index in [0.717, 1.165) is 68.6 Å². The molecule has 1 aromatic carbocycles. The lowest BCUT2D eigenvalue weighted by Crippen LogP contribution is -2.52. The Morgan fingerprint density at radius 3 is 2.61 bits per heavy atom. The normalized spacial score (nSPS) is 18.9. The lowest BCUT2D eigenvalue weighted by atomic mass is 9.96. The maximum atomic E-state index is 13.4. The van der Waals surface area contributed by atoms with Crippen LogP contribution in [0, 0.1) is 5.92 Å². The van der Waals surface area contributed by atoms with E-state index in [4.69, 9.17) is 4.74 Å². The van der Waals surface area contributed by atoms with Crippen LogP contribution in [0.3, 0.4) is 0 Å². The summed E-state index contributed by atoms with van der Waals surface area (Å²) in [4.78, 5) is 28.7. The third kappa shape index (κ3) is 4.48. The van der Waals surface area contributed by atoms with Crippen molar-refractivity contribution < 1.29 is 9.53 Å². The van der Waals surface area contributed by atoms with Crippen LogP contribution in [-0.2, 0) is 4.79 Å². The Morgan fingerprint density at radius 1 is 1.00 bits per heavy atom. The lowest BCUT2D eigenvalue weighted by Gasteiger charge is -2.40. The van der Waals surface area contributed by atoms with Gasteiger partial charge in [0.25, 0.3) is 0 Å². The summed E-state index contributed by atoms with van der Waals surface area (Å²) in [5, 5.41) is 4.25. The van der Waals surface area contributed by atoms with Crippen molar-refractivity contribution in [2.45, 2.75) is 12.8 Å². The van der Waals surface area contributed by atoms with E-state index in [9.17, 15) is 4.79 Å². The molecule has 2 aromatic heterocycles. The summed E-state index contributed by atoms with van der Waals surface area (Å²) in [6.07, 6.45) is 7.04. The van der Waals surface area contributed by atoms with Gasteiger partial charge in [0.15, 0.2) is 5.82 Å². The zero-order chi connectivity index (χ0) is 22.6. The standard InChI is InChI=1S/C24H29N7O2/c1-33-21-8-3-2-7-20(21)28-12-14-29(15-13-28)24(32)19-6-4-10-30(17-19)22-16-23(26-18-25-22)31-11-5-9-27-31/h2-3,5,7-9,11,16,18-19H,4,6,10,12-15,17H2,1H3. The lowest BCUT2D eigenvalue weighted by molar-refractivity contribution is -0.136. The molecule has 9 nitrogen and oxygen atoms in total. The van der Waals surface area contributed by atoms with Gasteiger partial charge < -0.3 is 19.4 Å². The molecule has 33 heavy (non-hydrogen) atoms. The Labute approximate surface area is 193 Å². The van der Waals surface area contributed by atoms with Gasteiger partial charge in [-0.1, -0.05) is 12.1 Å². The number of ether oxygens (including phenoxy) is 1. The fourth-order valence-corrected chi connectivity index (χ4v) is 4.74. The van der Waals surface area contributed by atoms with Gasteiger partial charge in [-0.3, -0.25) is 4.79 Å². The molecule has 1 unspecified atom stereocenters. The maximum absolute atomic E-state index is 13.4. The molecule has 172 valence electrons. The van der Waals surface area contributed by atoms with Crippen molar-refractivity contribution in [3.63, 3.8) is 0 Å². The number of benzene rings is 1. The van der Waals surface area contributed by atoms with E-state index >= 15 is 0 Å². The number of nitrogens with zero attached hydrogens (tertiary/aromatic N) is 7. The molecule has 0 spiro atoms. The summed E-state index contributed by atoms with van der Waals surface area (Å²) in [6, 6.07) is 11.9. The molecule has 2 fully saturated rings. The van der Waals surface area contributed by atoms with Gasteiger partial charge in [-0.25, -0.2) is 14.6 Å². The number of aromatic nitrogens is 4. The van der Waals surface area contributed by atoms with Crippen LogP contribution < -0.4 is 14.5 Å². The third-order valence-corrected chi connectivity index (χ3v) is 6.49. The van der Waals surface area contributed by atoms with Crippen molar-refractivity contribution >= 4 is 17.4 Å². The zero-order valence-electron chi connectivity index (χ0n) is 18.9. The van der Waals surface area contributed by atoms with E-state index < -0.39 is 0 Å². The number of rotatable bonds is 5. The maximum Gasteiger partial charge on any atom is 0.227 e. The molecule has 3 aromatic rings. The molecular weight excluding hydrogens is 418 g/mol. The summed E-state index contributed by atoms with van der Waals surface area (Å²) in [7, 11) is 1.70. The van der Waals surface area contributed by atoms with Gasteiger partial charge in [0, 0.05) is 57.7 Å². The Balaban J connectivity index is 1.22. The monoisotopic (exact) mass is 447 g/mol. The summed E-state index contributed by atoms with van der Waals surface area (Å²) in [5.74, 6) is 2.68. The minimum Gasteiger partial charge on any atom is -0.495 e. The third-order valence-electron chi connectivity index (χ3n) is 6.49. The minimum atomic E-state index is -0.0142. The molecule has 0 bridgehead atoms. The molecule has 1 atom stereocenters. The Bertz CT molecular complexity index is 1080. The second-order valence-electron chi connectivity index (χ2n) is 8.45. The molecule has 0 radical (unpaired) electrons. The summed E-state index contributed by atoms with van der Waals surface area (Å²) < 4.78 is 7.23. The molecule has 2 aliphatic rings. The molecule has 0 saturated carbocycles. The van der Waals surface area contributed by atoms with Crippen molar-refractivity contribution in [3.8, 4) is 11.6 Å². The van der Waals surface area contributed by atoms with Gasteiger partial charge in [-0.05, 0) is 31.0 Å². The highest BCUT2D eigenvalue weighted by Gasteiger charge is 2.32. The van der Waals surface area contributed by atoms with Crippen LogP contribution in [0.5, 0.6) is 5.75 Å². The Kier molecular flexibility index (Phi) is 6.10. The number of hydrogen-bond acceptors (Lipinski definition) is 7. The summed E-state index contributed by atoms with van der Waals surface area (Å²) in [5.41, 5.74) is 1.09. The van der Waals surface area contributed by atoms with Crippen LogP contribution in [0.4, 0.5) is 11.5 Å². The minimum absolute atomic E-state index is 0.0142. The second-order valence-corrected chi connectivity index (χ2v) is 8.45. The fourth-order valence-electron chi connectivity index (χ4n) is 4.74.